The molecule has 0 saturated carbocycles. The molecular weight excluding hydrogens is 460 g/mol. The minimum atomic E-state index is -0.564. The molecule has 9 heteroatoms. The van der Waals surface area contributed by atoms with Crippen LogP contribution in [-0.2, 0) is 13.2 Å². The molecule has 0 aliphatic rings. The number of benzene rings is 1. The zero-order valence-electron chi connectivity index (χ0n) is 18.6. The van der Waals surface area contributed by atoms with Gasteiger partial charge in [0.25, 0.3) is 5.91 Å². The summed E-state index contributed by atoms with van der Waals surface area (Å²) in [5, 5.41) is 10.1. The van der Waals surface area contributed by atoms with Crippen LogP contribution in [0.1, 0.15) is 39.4 Å². The third-order valence-electron chi connectivity index (χ3n) is 5.23. The number of rotatable bonds is 8. The molecule has 172 valence electrons. The fourth-order valence-electron chi connectivity index (χ4n) is 3.68. The summed E-state index contributed by atoms with van der Waals surface area (Å²) in [5.41, 5.74) is 9.85. The molecule has 3 N–H and O–H groups in total. The van der Waals surface area contributed by atoms with Gasteiger partial charge in [-0.15, -0.1) is 11.3 Å². The molecule has 4 aromatic rings. The van der Waals surface area contributed by atoms with E-state index in [-0.39, 0.29) is 6.61 Å². The van der Waals surface area contributed by atoms with Gasteiger partial charge in [-0.1, -0.05) is 29.8 Å². The Labute approximate surface area is 201 Å². The first-order chi connectivity index (χ1) is 15.8. The molecule has 1 amide bonds. The van der Waals surface area contributed by atoms with Crippen LogP contribution in [0.5, 0.6) is 5.75 Å². The predicted octanol–water partition coefficient (Wildman–Crippen LogP) is 4.51. The summed E-state index contributed by atoms with van der Waals surface area (Å²) >= 11 is 7.78. The zero-order valence-corrected chi connectivity index (χ0v) is 20.2. The molecule has 0 fully saturated rings. The first-order valence-corrected chi connectivity index (χ1v) is 11.6. The third kappa shape index (κ3) is 4.89. The van der Waals surface area contributed by atoms with Crippen molar-refractivity contribution in [2.75, 3.05) is 14.1 Å². The quantitative estimate of drug-likeness (QED) is 0.384. The van der Waals surface area contributed by atoms with Gasteiger partial charge in [-0.2, -0.15) is 0 Å². The Hall–Kier alpha value is -2.91. The molecule has 3 aromatic heterocycles. The minimum absolute atomic E-state index is 0.0789. The van der Waals surface area contributed by atoms with Crippen molar-refractivity contribution in [2.45, 2.75) is 26.2 Å². The van der Waals surface area contributed by atoms with Crippen molar-refractivity contribution in [3.63, 3.8) is 0 Å². The van der Waals surface area contributed by atoms with Gasteiger partial charge in [-0.25, -0.2) is 4.98 Å². The largest absolute Gasteiger partial charge is 0.484 e. The number of nitrogens with two attached hydrogens (primary N) is 1. The van der Waals surface area contributed by atoms with Gasteiger partial charge in [0.15, 0.2) is 0 Å². The van der Waals surface area contributed by atoms with Gasteiger partial charge in [-0.05, 0) is 44.3 Å². The van der Waals surface area contributed by atoms with Crippen molar-refractivity contribution in [3.05, 3.63) is 75.4 Å². The number of aliphatic hydroxyl groups is 1. The van der Waals surface area contributed by atoms with Gasteiger partial charge < -0.3 is 20.5 Å². The summed E-state index contributed by atoms with van der Waals surface area (Å²) in [6, 6.07) is 11.3. The number of imidazole rings is 1. The fourth-order valence-corrected chi connectivity index (χ4v) is 4.98. The number of hydrogen-bond donors (Lipinski definition) is 2. The van der Waals surface area contributed by atoms with Crippen LogP contribution in [0.2, 0.25) is 5.02 Å². The minimum Gasteiger partial charge on any atom is -0.484 e. The number of aromatic nitrogens is 2. The highest BCUT2D eigenvalue weighted by atomic mass is 35.5. The van der Waals surface area contributed by atoms with Crippen LogP contribution in [0.15, 0.2) is 48.8 Å². The van der Waals surface area contributed by atoms with E-state index in [1.807, 2.05) is 61.9 Å². The van der Waals surface area contributed by atoms with Crippen molar-refractivity contribution in [2.24, 2.45) is 5.73 Å². The summed E-state index contributed by atoms with van der Waals surface area (Å²) < 4.78 is 8.05. The average molecular weight is 485 g/mol. The van der Waals surface area contributed by atoms with Crippen LogP contribution in [0, 0.1) is 0 Å². The maximum Gasteiger partial charge on any atom is 0.262 e. The molecule has 0 spiro atoms. The Morgan fingerprint density at radius 2 is 2.03 bits per heavy atom. The Morgan fingerprint density at radius 1 is 1.27 bits per heavy atom. The van der Waals surface area contributed by atoms with Crippen LogP contribution >= 0.6 is 22.9 Å². The van der Waals surface area contributed by atoms with E-state index in [9.17, 15) is 9.90 Å². The molecule has 7 nitrogen and oxygen atoms in total. The number of primary amides is 1. The highest BCUT2D eigenvalue weighted by Gasteiger charge is 2.21. The van der Waals surface area contributed by atoms with E-state index in [4.69, 9.17) is 22.1 Å². The Morgan fingerprint density at radius 3 is 2.70 bits per heavy atom. The van der Waals surface area contributed by atoms with Crippen molar-refractivity contribution < 1.29 is 14.6 Å². The van der Waals surface area contributed by atoms with Crippen LogP contribution < -0.4 is 10.5 Å². The standard InChI is InChI=1S/C24H25ClN4O3S/c1-14(17-6-4-15(8-18(17)25)11-28(2)3)32-20-9-21(33-23(20)24(26)31)19-10-27-22-7-5-16(13-30)12-29(19)22/h4-10,12,14,30H,11,13H2,1-3H3,(H2,26,31)/t14-/m1/s1. The van der Waals surface area contributed by atoms with Crippen LogP contribution in [-0.4, -0.2) is 39.4 Å². The molecule has 0 bridgehead atoms. The van der Waals surface area contributed by atoms with E-state index >= 15 is 0 Å². The molecular formula is C24H25ClN4O3S. The topological polar surface area (TPSA) is 93.1 Å². The molecule has 0 aliphatic carbocycles. The number of ether oxygens (including phenoxy) is 1. The molecule has 0 aliphatic heterocycles. The lowest BCUT2D eigenvalue weighted by Crippen LogP contribution is -2.13. The second-order valence-corrected chi connectivity index (χ2v) is 9.55. The summed E-state index contributed by atoms with van der Waals surface area (Å²) in [4.78, 5) is 19.8. The summed E-state index contributed by atoms with van der Waals surface area (Å²) in [7, 11) is 4.00. The van der Waals surface area contributed by atoms with Crippen LogP contribution in [0.3, 0.4) is 0 Å². The lowest BCUT2D eigenvalue weighted by Gasteiger charge is -2.17. The number of aliphatic hydroxyl groups excluding tert-OH is 1. The van der Waals surface area contributed by atoms with Gasteiger partial charge in [0.2, 0.25) is 0 Å². The fraction of sp³-hybridized carbons (Fsp3) is 0.250. The molecule has 0 saturated heterocycles. The van der Waals surface area contributed by atoms with Crippen molar-refractivity contribution in [1.82, 2.24) is 14.3 Å². The van der Waals surface area contributed by atoms with Gasteiger partial charge in [0.1, 0.15) is 22.4 Å². The highest BCUT2D eigenvalue weighted by Crippen LogP contribution is 2.39. The Kier molecular flexibility index (Phi) is 6.71. The molecule has 0 radical (unpaired) electrons. The van der Waals surface area contributed by atoms with E-state index in [0.717, 1.165) is 39.5 Å². The van der Waals surface area contributed by atoms with Crippen molar-refractivity contribution >= 4 is 34.5 Å². The number of pyridine rings is 1. The number of halogens is 1. The summed E-state index contributed by atoms with van der Waals surface area (Å²) in [5.74, 6) is -0.164. The number of fused-ring (bicyclic) bond motifs is 1. The normalized spacial score (nSPS) is 12.4. The van der Waals surface area contributed by atoms with E-state index < -0.39 is 12.0 Å². The lowest BCUT2D eigenvalue weighted by atomic mass is 10.1. The number of nitrogens with zero attached hydrogens (tertiary/aromatic N) is 3. The Balaban J connectivity index is 1.66. The van der Waals surface area contributed by atoms with E-state index in [1.54, 1.807) is 12.3 Å². The second-order valence-electron chi connectivity index (χ2n) is 8.09. The SMILES string of the molecule is C[C@@H](Oc1cc(-c2cnc3ccc(CO)cn23)sc1C(N)=O)c1ccc(CN(C)C)cc1Cl. The van der Waals surface area contributed by atoms with Gasteiger partial charge in [-0.3, -0.25) is 9.20 Å². The molecule has 33 heavy (non-hydrogen) atoms. The lowest BCUT2D eigenvalue weighted by molar-refractivity contribution is 0.0998. The van der Waals surface area contributed by atoms with E-state index in [2.05, 4.69) is 9.88 Å². The zero-order chi connectivity index (χ0) is 23.7. The molecule has 0 unspecified atom stereocenters. The molecule has 1 atom stereocenters. The molecule has 1 aromatic carbocycles. The number of amides is 1. The monoisotopic (exact) mass is 484 g/mol. The summed E-state index contributed by atoms with van der Waals surface area (Å²) in [6.07, 6.45) is 3.15. The first-order valence-electron chi connectivity index (χ1n) is 10.4. The first kappa shape index (κ1) is 23.3. The van der Waals surface area contributed by atoms with Gasteiger partial charge in [0.05, 0.1) is 23.4 Å². The van der Waals surface area contributed by atoms with Crippen molar-refractivity contribution in [3.8, 4) is 16.3 Å². The van der Waals surface area contributed by atoms with Crippen molar-refractivity contribution in [1.29, 1.82) is 0 Å². The average Bonchev–Trinajstić information content (AvgIpc) is 3.36. The van der Waals surface area contributed by atoms with Crippen LogP contribution in [0.25, 0.3) is 16.2 Å². The number of hydrogen-bond acceptors (Lipinski definition) is 6. The van der Waals surface area contributed by atoms with Gasteiger partial charge >= 0.3 is 0 Å². The number of carbonyl (C=O) groups is 1. The van der Waals surface area contributed by atoms with E-state index in [0.29, 0.717) is 15.6 Å². The van der Waals surface area contributed by atoms with Crippen LogP contribution in [0.4, 0.5) is 0 Å². The number of thiophene rings is 1. The maximum atomic E-state index is 12.2. The molecule has 3 heterocycles. The van der Waals surface area contributed by atoms with E-state index in [1.165, 1.54) is 11.3 Å². The summed E-state index contributed by atoms with van der Waals surface area (Å²) in [6.45, 7) is 2.59. The Bertz CT molecular complexity index is 1310. The smallest absolute Gasteiger partial charge is 0.262 e. The number of carbonyl (C=O) groups excluding carboxylic acids is 1. The van der Waals surface area contributed by atoms with Gasteiger partial charge in [0, 0.05) is 29.4 Å². The predicted molar refractivity (Wildman–Crippen MR) is 131 cm³/mol. The second kappa shape index (κ2) is 9.52. The molecule has 4 rings (SSSR count). The highest BCUT2D eigenvalue weighted by molar-refractivity contribution is 7.17. The maximum absolute atomic E-state index is 12.2. The third-order valence-corrected chi connectivity index (χ3v) is 6.71.